The van der Waals surface area contributed by atoms with Crippen molar-refractivity contribution in [2.75, 3.05) is 11.9 Å². The van der Waals surface area contributed by atoms with Crippen molar-refractivity contribution in [1.29, 1.82) is 0 Å². The number of benzene rings is 2. The van der Waals surface area contributed by atoms with Gasteiger partial charge in [0.2, 0.25) is 5.91 Å². The molecule has 21 heavy (non-hydrogen) atoms. The van der Waals surface area contributed by atoms with E-state index in [4.69, 9.17) is 0 Å². The van der Waals surface area contributed by atoms with Gasteiger partial charge in [-0.3, -0.25) is 4.79 Å². The number of nitrogens with one attached hydrogen (secondary N) is 2. The van der Waals surface area contributed by atoms with Crippen LogP contribution in [0.25, 0.3) is 0 Å². The van der Waals surface area contributed by atoms with Gasteiger partial charge in [0.1, 0.15) is 17.5 Å². The minimum absolute atomic E-state index is 0.0494. The number of amides is 1. The number of rotatable bonds is 5. The highest BCUT2D eigenvalue weighted by Gasteiger charge is 2.06. The van der Waals surface area contributed by atoms with Crippen LogP contribution in [0.5, 0.6) is 0 Å². The largest absolute Gasteiger partial charge is 0.374 e. The maximum absolute atomic E-state index is 13.3. The predicted octanol–water partition coefficient (Wildman–Crippen LogP) is 2.83. The van der Waals surface area contributed by atoms with Gasteiger partial charge in [-0.05, 0) is 29.8 Å². The molecule has 2 aromatic carbocycles. The Labute approximate surface area is 119 Å². The SMILES string of the molecule is O=C(CNc1ccc(F)cc1F)NCc1ccc(F)cc1. The number of hydrogen-bond acceptors (Lipinski definition) is 2. The van der Waals surface area contributed by atoms with Gasteiger partial charge in [0.25, 0.3) is 0 Å². The van der Waals surface area contributed by atoms with Gasteiger partial charge in [0.05, 0.1) is 12.2 Å². The Bertz CT molecular complexity index is 629. The smallest absolute Gasteiger partial charge is 0.239 e. The number of halogens is 3. The van der Waals surface area contributed by atoms with Gasteiger partial charge in [0, 0.05) is 12.6 Å². The van der Waals surface area contributed by atoms with Crippen LogP contribution in [0.15, 0.2) is 42.5 Å². The molecular formula is C15H13F3N2O. The average Bonchev–Trinajstić information content (AvgIpc) is 2.46. The summed E-state index contributed by atoms with van der Waals surface area (Å²) in [7, 11) is 0. The molecule has 2 aromatic rings. The van der Waals surface area contributed by atoms with Crippen LogP contribution in [0.1, 0.15) is 5.56 Å². The molecule has 1 amide bonds. The number of hydrogen-bond donors (Lipinski definition) is 2. The van der Waals surface area contributed by atoms with E-state index in [1.165, 1.54) is 18.2 Å². The van der Waals surface area contributed by atoms with Gasteiger partial charge < -0.3 is 10.6 Å². The lowest BCUT2D eigenvalue weighted by atomic mass is 10.2. The Morgan fingerprint density at radius 2 is 1.62 bits per heavy atom. The van der Waals surface area contributed by atoms with E-state index in [-0.39, 0.29) is 30.5 Å². The second kappa shape index (κ2) is 6.78. The Balaban J connectivity index is 1.80. The summed E-state index contributed by atoms with van der Waals surface area (Å²) >= 11 is 0. The first-order chi connectivity index (χ1) is 10.0. The standard InChI is InChI=1S/C15H13F3N2O/c16-11-3-1-10(2-4-11)8-20-15(21)9-19-14-6-5-12(17)7-13(14)18/h1-7,19H,8-9H2,(H,20,21). The Morgan fingerprint density at radius 1 is 0.952 bits per heavy atom. The lowest BCUT2D eigenvalue weighted by molar-refractivity contribution is -0.119. The van der Waals surface area contributed by atoms with Crippen LogP contribution >= 0.6 is 0 Å². The van der Waals surface area contributed by atoms with Gasteiger partial charge in [-0.25, -0.2) is 13.2 Å². The molecule has 0 aliphatic carbocycles. The van der Waals surface area contributed by atoms with Crippen molar-refractivity contribution in [2.45, 2.75) is 6.54 Å². The van der Waals surface area contributed by atoms with Crippen LogP contribution in [0.2, 0.25) is 0 Å². The minimum atomic E-state index is -0.763. The van der Waals surface area contributed by atoms with Crippen molar-refractivity contribution in [3.63, 3.8) is 0 Å². The monoisotopic (exact) mass is 294 g/mol. The maximum atomic E-state index is 13.3. The summed E-state index contributed by atoms with van der Waals surface area (Å²) in [5, 5.41) is 5.17. The molecule has 0 spiro atoms. The van der Waals surface area contributed by atoms with E-state index in [1.807, 2.05) is 0 Å². The predicted molar refractivity (Wildman–Crippen MR) is 73.1 cm³/mol. The number of anilines is 1. The molecule has 6 heteroatoms. The zero-order chi connectivity index (χ0) is 15.2. The van der Waals surface area contributed by atoms with Crippen LogP contribution in [0.4, 0.5) is 18.9 Å². The average molecular weight is 294 g/mol. The molecule has 3 nitrogen and oxygen atoms in total. The van der Waals surface area contributed by atoms with Gasteiger partial charge in [0.15, 0.2) is 0 Å². The fraction of sp³-hybridized carbons (Fsp3) is 0.133. The van der Waals surface area contributed by atoms with Crippen molar-refractivity contribution >= 4 is 11.6 Å². The molecule has 0 fully saturated rings. The molecule has 0 saturated carbocycles. The Hall–Kier alpha value is -2.50. The first-order valence-corrected chi connectivity index (χ1v) is 6.24. The normalized spacial score (nSPS) is 10.2. The van der Waals surface area contributed by atoms with E-state index in [0.717, 1.165) is 17.7 Å². The van der Waals surface area contributed by atoms with Crippen molar-refractivity contribution in [2.24, 2.45) is 0 Å². The summed E-state index contributed by atoms with van der Waals surface area (Å²) in [6, 6.07) is 8.77. The highest BCUT2D eigenvalue weighted by atomic mass is 19.1. The second-order valence-corrected chi connectivity index (χ2v) is 4.38. The van der Waals surface area contributed by atoms with Crippen LogP contribution in [-0.2, 0) is 11.3 Å². The molecule has 0 saturated heterocycles. The zero-order valence-corrected chi connectivity index (χ0v) is 11.0. The van der Waals surface area contributed by atoms with Crippen LogP contribution in [0.3, 0.4) is 0 Å². The van der Waals surface area contributed by atoms with Gasteiger partial charge in [-0.1, -0.05) is 12.1 Å². The molecule has 0 radical (unpaired) electrons. The molecule has 0 heterocycles. The topological polar surface area (TPSA) is 41.1 Å². The van der Waals surface area contributed by atoms with E-state index in [9.17, 15) is 18.0 Å². The fourth-order valence-electron chi connectivity index (χ4n) is 1.67. The lowest BCUT2D eigenvalue weighted by Gasteiger charge is -2.08. The third kappa shape index (κ3) is 4.52. The zero-order valence-electron chi connectivity index (χ0n) is 11.0. The summed E-state index contributed by atoms with van der Waals surface area (Å²) in [4.78, 5) is 11.6. The number of carbonyl (C=O) groups excluding carboxylic acids is 1. The Kier molecular flexibility index (Phi) is 4.81. The summed E-state index contributed by atoms with van der Waals surface area (Å²) in [6.07, 6.45) is 0. The van der Waals surface area contributed by atoms with E-state index in [0.29, 0.717) is 0 Å². The number of carbonyl (C=O) groups is 1. The first kappa shape index (κ1) is 14.9. The van der Waals surface area contributed by atoms with Crippen LogP contribution < -0.4 is 10.6 Å². The van der Waals surface area contributed by atoms with Gasteiger partial charge in [-0.15, -0.1) is 0 Å². The molecule has 0 aromatic heterocycles. The molecule has 0 atom stereocenters. The van der Waals surface area contributed by atoms with Gasteiger partial charge >= 0.3 is 0 Å². The van der Waals surface area contributed by atoms with Crippen molar-refractivity contribution < 1.29 is 18.0 Å². The van der Waals surface area contributed by atoms with Gasteiger partial charge in [-0.2, -0.15) is 0 Å². The van der Waals surface area contributed by atoms with Crippen molar-refractivity contribution in [3.05, 3.63) is 65.5 Å². The first-order valence-electron chi connectivity index (χ1n) is 6.24. The molecule has 0 aliphatic rings. The maximum Gasteiger partial charge on any atom is 0.239 e. The van der Waals surface area contributed by atoms with E-state index in [2.05, 4.69) is 10.6 Å². The second-order valence-electron chi connectivity index (χ2n) is 4.38. The third-order valence-corrected chi connectivity index (χ3v) is 2.77. The fourth-order valence-corrected chi connectivity index (χ4v) is 1.67. The Morgan fingerprint density at radius 3 is 2.29 bits per heavy atom. The van der Waals surface area contributed by atoms with E-state index >= 15 is 0 Å². The summed E-state index contributed by atoms with van der Waals surface area (Å²) in [6.45, 7) is 0.0937. The molecule has 0 aliphatic heterocycles. The van der Waals surface area contributed by atoms with Crippen LogP contribution in [0, 0.1) is 17.5 Å². The third-order valence-electron chi connectivity index (χ3n) is 2.77. The summed E-state index contributed by atoms with van der Waals surface area (Å²) in [5.74, 6) is -2.15. The molecule has 0 unspecified atom stereocenters. The molecule has 2 N–H and O–H groups in total. The molecule has 110 valence electrons. The highest BCUT2D eigenvalue weighted by Crippen LogP contribution is 2.14. The highest BCUT2D eigenvalue weighted by molar-refractivity contribution is 5.80. The van der Waals surface area contributed by atoms with E-state index in [1.54, 1.807) is 12.1 Å². The van der Waals surface area contributed by atoms with E-state index < -0.39 is 11.6 Å². The summed E-state index contributed by atoms with van der Waals surface area (Å²) in [5.41, 5.74) is 0.797. The lowest BCUT2D eigenvalue weighted by Crippen LogP contribution is -2.29. The van der Waals surface area contributed by atoms with Crippen LogP contribution in [-0.4, -0.2) is 12.5 Å². The molecule has 0 bridgehead atoms. The summed E-state index contributed by atoms with van der Waals surface area (Å²) < 4.78 is 38.7. The molecular weight excluding hydrogens is 281 g/mol. The quantitative estimate of drug-likeness (QED) is 0.890. The van der Waals surface area contributed by atoms with Crippen molar-refractivity contribution in [1.82, 2.24) is 5.32 Å². The molecule has 2 rings (SSSR count). The van der Waals surface area contributed by atoms with Crippen molar-refractivity contribution in [3.8, 4) is 0 Å². The minimum Gasteiger partial charge on any atom is -0.374 e.